The SMILES string of the molecule is CCCNc1ccc(S(=O)(=O)N2CCCOC(C)C2)cc1. The van der Waals surface area contributed by atoms with Crippen LogP contribution < -0.4 is 5.32 Å². The highest BCUT2D eigenvalue weighted by atomic mass is 32.2. The Labute approximate surface area is 127 Å². The Kier molecular flexibility index (Phi) is 5.61. The van der Waals surface area contributed by atoms with Gasteiger partial charge < -0.3 is 10.1 Å². The van der Waals surface area contributed by atoms with Crippen LogP contribution in [0.2, 0.25) is 0 Å². The number of nitrogens with one attached hydrogen (secondary N) is 1. The van der Waals surface area contributed by atoms with Crippen molar-refractivity contribution in [3.8, 4) is 0 Å². The summed E-state index contributed by atoms with van der Waals surface area (Å²) in [6.45, 7) is 6.43. The van der Waals surface area contributed by atoms with Gasteiger partial charge in [-0.1, -0.05) is 6.92 Å². The van der Waals surface area contributed by atoms with E-state index in [-0.39, 0.29) is 6.10 Å². The minimum absolute atomic E-state index is 0.0623. The number of rotatable bonds is 5. The van der Waals surface area contributed by atoms with Gasteiger partial charge in [0.15, 0.2) is 0 Å². The fraction of sp³-hybridized carbons (Fsp3) is 0.600. The summed E-state index contributed by atoms with van der Waals surface area (Å²) in [6, 6.07) is 6.98. The minimum atomic E-state index is -3.43. The Morgan fingerprint density at radius 1 is 1.33 bits per heavy atom. The summed E-state index contributed by atoms with van der Waals surface area (Å²) >= 11 is 0. The quantitative estimate of drug-likeness (QED) is 0.906. The van der Waals surface area contributed by atoms with Crippen LogP contribution in [-0.2, 0) is 14.8 Å². The van der Waals surface area contributed by atoms with E-state index in [0.717, 1.165) is 25.1 Å². The van der Waals surface area contributed by atoms with Crippen LogP contribution in [0.4, 0.5) is 5.69 Å². The fourth-order valence-corrected chi connectivity index (χ4v) is 3.89. The molecule has 1 aromatic rings. The molecule has 0 radical (unpaired) electrons. The van der Waals surface area contributed by atoms with E-state index in [1.807, 2.05) is 19.1 Å². The molecule has 1 fully saturated rings. The standard InChI is InChI=1S/C15H24N2O3S/c1-3-9-16-14-5-7-15(8-6-14)21(18,19)17-10-4-11-20-13(2)12-17/h5-8,13,16H,3-4,9-12H2,1-2H3. The molecule has 6 heteroatoms. The van der Waals surface area contributed by atoms with E-state index in [2.05, 4.69) is 12.2 Å². The first-order chi connectivity index (χ1) is 10.0. The molecule has 2 rings (SSSR count). The molecule has 0 aliphatic carbocycles. The predicted octanol–water partition coefficient (Wildman–Crippen LogP) is 2.31. The lowest BCUT2D eigenvalue weighted by Gasteiger charge is -2.21. The summed E-state index contributed by atoms with van der Waals surface area (Å²) in [5, 5.41) is 3.24. The molecule has 1 aliphatic rings. The van der Waals surface area contributed by atoms with Gasteiger partial charge in [-0.2, -0.15) is 4.31 Å². The van der Waals surface area contributed by atoms with E-state index < -0.39 is 10.0 Å². The third-order valence-corrected chi connectivity index (χ3v) is 5.37. The van der Waals surface area contributed by atoms with Gasteiger partial charge in [0, 0.05) is 31.9 Å². The topological polar surface area (TPSA) is 58.6 Å². The Morgan fingerprint density at radius 3 is 2.71 bits per heavy atom. The van der Waals surface area contributed by atoms with Gasteiger partial charge in [0.2, 0.25) is 10.0 Å². The molecule has 0 amide bonds. The van der Waals surface area contributed by atoms with Crippen molar-refractivity contribution >= 4 is 15.7 Å². The van der Waals surface area contributed by atoms with Crippen LogP contribution in [0.1, 0.15) is 26.7 Å². The predicted molar refractivity (Wildman–Crippen MR) is 84.0 cm³/mol. The number of nitrogens with zero attached hydrogens (tertiary/aromatic N) is 1. The van der Waals surface area contributed by atoms with Crippen molar-refractivity contribution in [3.63, 3.8) is 0 Å². The maximum absolute atomic E-state index is 12.7. The summed E-state index contributed by atoms with van der Waals surface area (Å²) in [5.74, 6) is 0. The molecule has 1 N–H and O–H groups in total. The van der Waals surface area contributed by atoms with Gasteiger partial charge in [-0.3, -0.25) is 0 Å². The van der Waals surface area contributed by atoms with E-state index in [1.165, 1.54) is 4.31 Å². The molecule has 1 aromatic carbocycles. The Morgan fingerprint density at radius 2 is 2.05 bits per heavy atom. The first kappa shape index (κ1) is 16.3. The molecule has 21 heavy (non-hydrogen) atoms. The monoisotopic (exact) mass is 312 g/mol. The molecule has 0 bridgehead atoms. The van der Waals surface area contributed by atoms with Gasteiger partial charge in [-0.05, 0) is 44.0 Å². The first-order valence-electron chi connectivity index (χ1n) is 7.49. The average molecular weight is 312 g/mol. The highest BCUT2D eigenvalue weighted by Gasteiger charge is 2.27. The lowest BCUT2D eigenvalue weighted by Crippen LogP contribution is -2.35. The molecule has 1 heterocycles. The second kappa shape index (κ2) is 7.24. The van der Waals surface area contributed by atoms with Gasteiger partial charge in [-0.15, -0.1) is 0 Å². The minimum Gasteiger partial charge on any atom is -0.385 e. The van der Waals surface area contributed by atoms with Gasteiger partial charge in [-0.25, -0.2) is 8.42 Å². The molecule has 0 spiro atoms. The van der Waals surface area contributed by atoms with Crippen molar-refractivity contribution in [1.82, 2.24) is 4.31 Å². The average Bonchev–Trinajstić information content (AvgIpc) is 2.70. The molecular formula is C15H24N2O3S. The Balaban J connectivity index is 2.14. The van der Waals surface area contributed by atoms with Crippen LogP contribution >= 0.6 is 0 Å². The summed E-state index contributed by atoms with van der Waals surface area (Å²) in [7, 11) is -3.43. The summed E-state index contributed by atoms with van der Waals surface area (Å²) in [6.07, 6.45) is 1.71. The lowest BCUT2D eigenvalue weighted by molar-refractivity contribution is 0.0752. The van der Waals surface area contributed by atoms with Gasteiger partial charge in [0.05, 0.1) is 11.0 Å². The molecular weight excluding hydrogens is 288 g/mol. The van der Waals surface area contributed by atoms with Crippen LogP contribution in [0.25, 0.3) is 0 Å². The fourth-order valence-electron chi connectivity index (χ4n) is 2.34. The third-order valence-electron chi connectivity index (χ3n) is 3.49. The van der Waals surface area contributed by atoms with Crippen LogP contribution in [0.3, 0.4) is 0 Å². The maximum Gasteiger partial charge on any atom is 0.243 e. The zero-order valence-corrected chi connectivity index (χ0v) is 13.5. The summed E-state index contributed by atoms with van der Waals surface area (Å²) in [5.41, 5.74) is 0.948. The first-order valence-corrected chi connectivity index (χ1v) is 8.93. The lowest BCUT2D eigenvalue weighted by atomic mass is 10.3. The van der Waals surface area contributed by atoms with Crippen molar-refractivity contribution in [2.45, 2.75) is 37.7 Å². The molecule has 1 atom stereocenters. The molecule has 118 valence electrons. The smallest absolute Gasteiger partial charge is 0.243 e. The normalized spacial score (nSPS) is 21.0. The van der Waals surface area contributed by atoms with Crippen molar-refractivity contribution in [2.24, 2.45) is 0 Å². The molecule has 0 aromatic heterocycles. The van der Waals surface area contributed by atoms with E-state index in [4.69, 9.17) is 4.74 Å². The second-order valence-electron chi connectivity index (χ2n) is 5.35. The number of hydrogen-bond acceptors (Lipinski definition) is 4. The summed E-state index contributed by atoms with van der Waals surface area (Å²) in [4.78, 5) is 0.346. The van der Waals surface area contributed by atoms with E-state index in [1.54, 1.807) is 12.1 Å². The van der Waals surface area contributed by atoms with Gasteiger partial charge >= 0.3 is 0 Å². The van der Waals surface area contributed by atoms with Gasteiger partial charge in [0.1, 0.15) is 0 Å². The van der Waals surface area contributed by atoms with Crippen LogP contribution in [0.5, 0.6) is 0 Å². The third kappa shape index (κ3) is 4.18. The van der Waals surface area contributed by atoms with Crippen molar-refractivity contribution < 1.29 is 13.2 Å². The maximum atomic E-state index is 12.7. The van der Waals surface area contributed by atoms with Crippen molar-refractivity contribution in [2.75, 3.05) is 31.6 Å². The van der Waals surface area contributed by atoms with E-state index >= 15 is 0 Å². The zero-order valence-electron chi connectivity index (χ0n) is 12.7. The number of sulfonamides is 1. The zero-order chi connectivity index (χ0) is 15.3. The van der Waals surface area contributed by atoms with Crippen LogP contribution in [-0.4, -0.2) is 45.1 Å². The number of ether oxygens (including phenoxy) is 1. The van der Waals surface area contributed by atoms with Crippen LogP contribution in [0, 0.1) is 0 Å². The molecule has 1 aliphatic heterocycles. The Bertz CT molecular complexity index is 543. The van der Waals surface area contributed by atoms with E-state index in [9.17, 15) is 8.42 Å². The van der Waals surface area contributed by atoms with Crippen molar-refractivity contribution in [3.05, 3.63) is 24.3 Å². The summed E-state index contributed by atoms with van der Waals surface area (Å²) < 4.78 is 32.4. The number of anilines is 1. The molecule has 1 saturated heterocycles. The Hall–Kier alpha value is -1.11. The molecule has 5 nitrogen and oxygen atoms in total. The number of benzene rings is 1. The number of hydrogen-bond donors (Lipinski definition) is 1. The van der Waals surface area contributed by atoms with Gasteiger partial charge in [0.25, 0.3) is 0 Å². The molecule has 1 unspecified atom stereocenters. The highest BCUT2D eigenvalue weighted by molar-refractivity contribution is 7.89. The van der Waals surface area contributed by atoms with Crippen molar-refractivity contribution in [1.29, 1.82) is 0 Å². The largest absolute Gasteiger partial charge is 0.385 e. The van der Waals surface area contributed by atoms with E-state index in [0.29, 0.717) is 24.6 Å². The van der Waals surface area contributed by atoms with Crippen LogP contribution in [0.15, 0.2) is 29.2 Å². The highest BCUT2D eigenvalue weighted by Crippen LogP contribution is 2.20. The molecule has 0 saturated carbocycles. The second-order valence-corrected chi connectivity index (χ2v) is 7.29.